The van der Waals surface area contributed by atoms with E-state index < -0.39 is 0 Å². The van der Waals surface area contributed by atoms with Crippen LogP contribution in [0.4, 0.5) is 0 Å². The maximum Gasteiger partial charge on any atom is 0.135 e. The van der Waals surface area contributed by atoms with E-state index in [0.717, 1.165) is 10.6 Å². The van der Waals surface area contributed by atoms with Crippen LogP contribution >= 0.6 is 35.0 Å². The van der Waals surface area contributed by atoms with Crippen molar-refractivity contribution >= 4 is 35.0 Å². The van der Waals surface area contributed by atoms with Crippen molar-refractivity contribution in [2.45, 2.75) is 11.8 Å². The largest absolute Gasteiger partial charge is 0.506 e. The summed E-state index contributed by atoms with van der Waals surface area (Å²) >= 11 is 13.1. The maximum atomic E-state index is 9.17. The van der Waals surface area contributed by atoms with Gasteiger partial charge in [-0.05, 0) is 11.8 Å². The average molecular weight is 223 g/mol. The van der Waals surface area contributed by atoms with Gasteiger partial charge in [-0.2, -0.15) is 0 Å². The third-order valence-electron chi connectivity index (χ3n) is 1.30. The molecule has 0 amide bonds. The molecule has 66 valence electrons. The highest BCUT2D eigenvalue weighted by Crippen LogP contribution is 2.35. The minimum Gasteiger partial charge on any atom is -0.506 e. The number of phenols is 1. The first kappa shape index (κ1) is 10.0. The second-order valence-corrected chi connectivity index (χ2v) is 4.29. The Morgan fingerprint density at radius 2 is 2.00 bits per heavy atom. The molecule has 0 aliphatic carbocycles. The summed E-state index contributed by atoms with van der Waals surface area (Å²) in [6.07, 6.45) is 0. The van der Waals surface area contributed by atoms with Crippen LogP contribution in [0.25, 0.3) is 0 Å². The van der Waals surface area contributed by atoms with Crippen molar-refractivity contribution in [3.63, 3.8) is 0 Å². The molecule has 12 heavy (non-hydrogen) atoms. The molecule has 1 rings (SSSR count). The molecule has 1 aromatic rings. The van der Waals surface area contributed by atoms with E-state index >= 15 is 0 Å². The van der Waals surface area contributed by atoms with Gasteiger partial charge in [0.05, 0.1) is 10.0 Å². The Morgan fingerprint density at radius 3 is 2.58 bits per heavy atom. The molecule has 1 N–H and O–H groups in total. The molecule has 1 nitrogen and oxygen atoms in total. The van der Waals surface area contributed by atoms with Crippen LogP contribution in [-0.2, 0) is 0 Å². The fraction of sp³-hybridized carbons (Fsp3) is 0.250. The molecule has 1 aromatic carbocycles. The Morgan fingerprint density at radius 1 is 1.33 bits per heavy atom. The van der Waals surface area contributed by atoms with E-state index in [2.05, 4.69) is 0 Å². The molecule has 0 aromatic heterocycles. The molecule has 0 radical (unpaired) electrons. The second kappa shape index (κ2) is 4.26. The average Bonchev–Trinajstić information content (AvgIpc) is 2.01. The summed E-state index contributed by atoms with van der Waals surface area (Å²) in [5.74, 6) is 0.961. The Bertz CT molecular complexity index is 289. The first-order valence-electron chi connectivity index (χ1n) is 3.46. The number of benzene rings is 1. The zero-order chi connectivity index (χ0) is 9.14. The van der Waals surface area contributed by atoms with Gasteiger partial charge in [-0.1, -0.05) is 30.1 Å². The molecule has 0 atom stereocenters. The minimum absolute atomic E-state index is 0.0297. The second-order valence-electron chi connectivity index (χ2n) is 2.17. The number of halogens is 2. The molecule has 0 aliphatic rings. The van der Waals surface area contributed by atoms with E-state index in [1.807, 2.05) is 6.92 Å². The highest BCUT2D eigenvalue weighted by molar-refractivity contribution is 7.99. The highest BCUT2D eigenvalue weighted by Gasteiger charge is 2.05. The van der Waals surface area contributed by atoms with Gasteiger partial charge in [0.1, 0.15) is 5.75 Å². The van der Waals surface area contributed by atoms with E-state index in [1.54, 1.807) is 17.8 Å². The summed E-state index contributed by atoms with van der Waals surface area (Å²) in [6, 6.07) is 3.13. The molecule has 0 fully saturated rings. The van der Waals surface area contributed by atoms with Gasteiger partial charge in [0.15, 0.2) is 0 Å². The van der Waals surface area contributed by atoms with Crippen LogP contribution in [0.15, 0.2) is 17.0 Å². The number of hydrogen-bond donors (Lipinski definition) is 1. The SMILES string of the molecule is CCSc1cc(Cl)c(O)cc1Cl. The third kappa shape index (κ3) is 2.22. The van der Waals surface area contributed by atoms with E-state index in [0.29, 0.717) is 10.0 Å². The van der Waals surface area contributed by atoms with E-state index in [4.69, 9.17) is 28.3 Å². The van der Waals surface area contributed by atoms with Crippen LogP contribution in [0.3, 0.4) is 0 Å². The van der Waals surface area contributed by atoms with Crippen molar-refractivity contribution in [2.75, 3.05) is 5.75 Å². The Kier molecular flexibility index (Phi) is 3.56. The summed E-state index contributed by atoms with van der Waals surface area (Å²) < 4.78 is 0. The molecule has 0 unspecified atom stereocenters. The number of thioether (sulfide) groups is 1. The van der Waals surface area contributed by atoms with Crippen molar-refractivity contribution < 1.29 is 5.11 Å². The summed E-state index contributed by atoms with van der Waals surface area (Å²) in [4.78, 5) is 0.905. The van der Waals surface area contributed by atoms with E-state index in [-0.39, 0.29) is 5.75 Å². The minimum atomic E-state index is 0.0297. The molecule has 0 bridgehead atoms. The summed E-state index contributed by atoms with van der Waals surface area (Å²) in [6.45, 7) is 2.03. The zero-order valence-electron chi connectivity index (χ0n) is 6.47. The fourth-order valence-corrected chi connectivity index (χ4v) is 2.04. The summed E-state index contributed by atoms with van der Waals surface area (Å²) in [5, 5.41) is 10.1. The lowest BCUT2D eigenvalue weighted by atomic mass is 10.3. The quantitative estimate of drug-likeness (QED) is 0.769. The lowest BCUT2D eigenvalue weighted by Gasteiger charge is -2.03. The van der Waals surface area contributed by atoms with Crippen LogP contribution in [0.5, 0.6) is 5.75 Å². The highest BCUT2D eigenvalue weighted by atomic mass is 35.5. The molecular weight excluding hydrogens is 215 g/mol. The van der Waals surface area contributed by atoms with Crippen LogP contribution in [0, 0.1) is 0 Å². The van der Waals surface area contributed by atoms with Gasteiger partial charge in [0.2, 0.25) is 0 Å². The van der Waals surface area contributed by atoms with E-state index in [9.17, 15) is 0 Å². The molecule has 0 saturated carbocycles. The fourth-order valence-electron chi connectivity index (χ4n) is 0.784. The molecule has 0 heterocycles. The number of rotatable bonds is 2. The predicted octanol–water partition coefficient (Wildman–Crippen LogP) is 3.81. The maximum absolute atomic E-state index is 9.17. The Labute approximate surface area is 85.7 Å². The van der Waals surface area contributed by atoms with Crippen LogP contribution in [0.1, 0.15) is 6.92 Å². The molecule has 0 saturated heterocycles. The van der Waals surface area contributed by atoms with Crippen LogP contribution in [-0.4, -0.2) is 10.9 Å². The van der Waals surface area contributed by atoms with Crippen molar-refractivity contribution in [3.8, 4) is 5.75 Å². The Balaban J connectivity index is 3.05. The summed E-state index contributed by atoms with van der Waals surface area (Å²) in [7, 11) is 0. The molecular formula is C8H8Cl2OS. The van der Waals surface area contributed by atoms with Gasteiger partial charge in [-0.15, -0.1) is 11.8 Å². The van der Waals surface area contributed by atoms with Gasteiger partial charge in [-0.25, -0.2) is 0 Å². The number of aromatic hydroxyl groups is 1. The van der Waals surface area contributed by atoms with E-state index in [1.165, 1.54) is 6.07 Å². The van der Waals surface area contributed by atoms with Crippen molar-refractivity contribution in [1.29, 1.82) is 0 Å². The first-order valence-corrected chi connectivity index (χ1v) is 5.20. The third-order valence-corrected chi connectivity index (χ3v) is 2.97. The van der Waals surface area contributed by atoms with Crippen molar-refractivity contribution in [3.05, 3.63) is 22.2 Å². The number of hydrogen-bond acceptors (Lipinski definition) is 2. The van der Waals surface area contributed by atoms with Crippen LogP contribution in [0.2, 0.25) is 10.0 Å². The summed E-state index contributed by atoms with van der Waals surface area (Å²) in [5.41, 5.74) is 0. The normalized spacial score (nSPS) is 10.2. The van der Waals surface area contributed by atoms with Gasteiger partial charge >= 0.3 is 0 Å². The molecule has 0 aliphatic heterocycles. The standard InChI is InChI=1S/C8H8Cl2OS/c1-2-12-8-4-5(9)7(11)3-6(8)10/h3-4,11H,2H2,1H3. The first-order chi connectivity index (χ1) is 5.65. The monoisotopic (exact) mass is 222 g/mol. The zero-order valence-corrected chi connectivity index (χ0v) is 8.80. The van der Waals surface area contributed by atoms with Crippen LogP contribution < -0.4 is 0 Å². The lowest BCUT2D eigenvalue weighted by Crippen LogP contribution is -1.77. The predicted molar refractivity (Wildman–Crippen MR) is 54.5 cm³/mol. The van der Waals surface area contributed by atoms with Gasteiger partial charge in [0.25, 0.3) is 0 Å². The smallest absolute Gasteiger partial charge is 0.135 e. The van der Waals surface area contributed by atoms with Gasteiger partial charge in [-0.3, -0.25) is 0 Å². The topological polar surface area (TPSA) is 20.2 Å². The Hall–Kier alpha value is -0.0500. The number of phenolic OH excluding ortho intramolecular Hbond substituents is 1. The van der Waals surface area contributed by atoms with Gasteiger partial charge in [0, 0.05) is 11.0 Å². The van der Waals surface area contributed by atoms with Gasteiger partial charge < -0.3 is 5.11 Å². The van der Waals surface area contributed by atoms with Crippen molar-refractivity contribution in [2.24, 2.45) is 0 Å². The lowest BCUT2D eigenvalue weighted by molar-refractivity contribution is 0.475. The van der Waals surface area contributed by atoms with Crippen molar-refractivity contribution in [1.82, 2.24) is 0 Å². The molecule has 4 heteroatoms. The molecule has 0 spiro atoms.